The van der Waals surface area contributed by atoms with Crippen molar-refractivity contribution >= 4 is 19.2 Å². The Kier molecular flexibility index (Phi) is 7.85. The first kappa shape index (κ1) is 20.7. The number of carbonyl (C=O) groups is 1. The molecule has 0 unspecified atom stereocenters. The van der Waals surface area contributed by atoms with Crippen molar-refractivity contribution in [1.29, 1.82) is 0 Å². The molecule has 0 aromatic heterocycles. The van der Waals surface area contributed by atoms with Gasteiger partial charge in [-0.05, 0) is 43.7 Å². The summed E-state index contributed by atoms with van der Waals surface area (Å²) in [6, 6.07) is 7.48. The van der Waals surface area contributed by atoms with Crippen molar-refractivity contribution in [2.45, 2.75) is 58.4 Å². The predicted octanol–water partition coefficient (Wildman–Crippen LogP) is 5.42. The van der Waals surface area contributed by atoms with E-state index in [1.165, 1.54) is 24.4 Å². The number of rotatable bonds is 9. The maximum atomic E-state index is 12.2. The quantitative estimate of drug-likeness (QED) is 0.330. The number of hydrogen-bond donors (Lipinski definition) is 0. The van der Waals surface area contributed by atoms with Gasteiger partial charge in [-0.2, -0.15) is 4.89 Å². The molecular weight excluding hydrogens is 340 g/mol. The van der Waals surface area contributed by atoms with Crippen molar-refractivity contribution < 1.29 is 14.6 Å². The van der Waals surface area contributed by atoms with E-state index in [1.807, 2.05) is 23.5 Å². The molecule has 0 N–H and O–H groups in total. The van der Waals surface area contributed by atoms with Crippen molar-refractivity contribution in [2.75, 3.05) is 0 Å². The van der Waals surface area contributed by atoms with Crippen LogP contribution in [0.5, 0.6) is 0 Å². The third-order valence-electron chi connectivity index (χ3n) is 5.45. The average molecular weight is 372 g/mol. The topological polar surface area (TPSA) is 35.5 Å². The van der Waals surface area contributed by atoms with Crippen LogP contribution in [0.3, 0.4) is 0 Å². The lowest BCUT2D eigenvalue weighted by molar-refractivity contribution is -0.240. The Balaban J connectivity index is 1.82. The molecule has 0 atom stereocenters. The normalized spacial score (nSPS) is 16.2. The molecule has 141 valence electrons. The Morgan fingerprint density at radius 2 is 1.81 bits per heavy atom. The van der Waals surface area contributed by atoms with Gasteiger partial charge in [0.2, 0.25) is 0 Å². The summed E-state index contributed by atoms with van der Waals surface area (Å²) in [5.74, 6) is 0.344. The first-order chi connectivity index (χ1) is 12.5. The molecule has 0 spiro atoms. The summed E-state index contributed by atoms with van der Waals surface area (Å²) in [5, 5.41) is 1.17. The lowest BCUT2D eigenvalue weighted by atomic mass is 9.84. The van der Waals surface area contributed by atoms with E-state index in [0.29, 0.717) is 5.56 Å². The standard InChI is InChI=1S/C22H31O3Si/c1-5-8-9-18-10-14-20(15-11-18)24-25-22(23)19-12-16-21(17-13-19)26(4,6-2)7-3/h6-7,12-13,16-18H,2-3,5,8-11,14-15H2,1,4H3. The number of hydrogen-bond acceptors (Lipinski definition) is 3. The molecule has 0 bridgehead atoms. The SMILES string of the molecule is C=C[Si](C)(C=C)c1ccc(C(=O)OO[C]2CCC(CCCC)CC2)cc1. The van der Waals surface area contributed by atoms with Crippen molar-refractivity contribution in [2.24, 2.45) is 5.92 Å². The van der Waals surface area contributed by atoms with Crippen LogP contribution in [0, 0.1) is 12.0 Å². The van der Waals surface area contributed by atoms with Crippen molar-refractivity contribution in [1.82, 2.24) is 0 Å². The maximum absolute atomic E-state index is 12.2. The lowest BCUT2D eigenvalue weighted by Gasteiger charge is -2.26. The summed E-state index contributed by atoms with van der Waals surface area (Å²) in [6.45, 7) is 12.2. The monoisotopic (exact) mass is 371 g/mol. The highest BCUT2D eigenvalue weighted by molar-refractivity contribution is 6.98. The highest BCUT2D eigenvalue weighted by Gasteiger charge is 2.25. The summed E-state index contributed by atoms with van der Waals surface area (Å²) in [4.78, 5) is 22.6. The molecule has 2 rings (SSSR count). The molecule has 1 aromatic carbocycles. The first-order valence-electron chi connectivity index (χ1n) is 9.63. The summed E-state index contributed by atoms with van der Waals surface area (Å²) in [5.41, 5.74) is 4.45. The zero-order chi connectivity index (χ0) is 19.0. The average Bonchev–Trinajstić information content (AvgIpc) is 2.70. The molecule has 26 heavy (non-hydrogen) atoms. The molecule has 0 amide bonds. The van der Waals surface area contributed by atoms with Gasteiger partial charge in [0.15, 0.2) is 0 Å². The zero-order valence-electron chi connectivity index (χ0n) is 16.1. The van der Waals surface area contributed by atoms with E-state index in [1.54, 1.807) is 12.1 Å². The second kappa shape index (κ2) is 9.88. The largest absolute Gasteiger partial charge is 0.373 e. The van der Waals surface area contributed by atoms with Crippen LogP contribution < -0.4 is 5.19 Å². The molecule has 0 saturated heterocycles. The smallest absolute Gasteiger partial charge is 0.292 e. The molecule has 1 saturated carbocycles. The van der Waals surface area contributed by atoms with E-state index in [-0.39, 0.29) is 0 Å². The van der Waals surface area contributed by atoms with Gasteiger partial charge in [-0.15, -0.1) is 13.2 Å². The Morgan fingerprint density at radius 1 is 1.19 bits per heavy atom. The zero-order valence-corrected chi connectivity index (χ0v) is 17.1. The highest BCUT2D eigenvalue weighted by Crippen LogP contribution is 2.33. The first-order valence-corrected chi connectivity index (χ1v) is 12.3. The predicted molar refractivity (Wildman–Crippen MR) is 109 cm³/mol. The van der Waals surface area contributed by atoms with Gasteiger partial charge in [0.25, 0.3) is 0 Å². The van der Waals surface area contributed by atoms with Crippen LogP contribution in [0.15, 0.2) is 48.8 Å². The Labute approximate surface area is 159 Å². The van der Waals surface area contributed by atoms with Crippen LogP contribution >= 0.6 is 0 Å². The summed E-state index contributed by atoms with van der Waals surface area (Å²) >= 11 is 0. The van der Waals surface area contributed by atoms with Gasteiger partial charge < -0.3 is 0 Å². The fourth-order valence-electron chi connectivity index (χ4n) is 3.29. The second-order valence-corrected chi connectivity index (χ2v) is 11.3. The van der Waals surface area contributed by atoms with Crippen molar-refractivity contribution in [3.63, 3.8) is 0 Å². The molecule has 1 aromatic rings. The van der Waals surface area contributed by atoms with E-state index in [9.17, 15) is 4.79 Å². The molecule has 1 fully saturated rings. The highest BCUT2D eigenvalue weighted by atomic mass is 28.3. The van der Waals surface area contributed by atoms with Gasteiger partial charge in [0, 0.05) is 0 Å². The fourth-order valence-corrected chi connectivity index (χ4v) is 4.82. The maximum Gasteiger partial charge on any atom is 0.373 e. The van der Waals surface area contributed by atoms with E-state index < -0.39 is 14.0 Å². The van der Waals surface area contributed by atoms with Crippen LogP contribution in [0.2, 0.25) is 6.55 Å². The molecule has 3 nitrogen and oxygen atoms in total. The Morgan fingerprint density at radius 3 is 2.35 bits per heavy atom. The number of benzene rings is 1. The van der Waals surface area contributed by atoms with E-state index >= 15 is 0 Å². The molecule has 1 aliphatic carbocycles. The van der Waals surface area contributed by atoms with Crippen molar-refractivity contribution in [3.8, 4) is 0 Å². The van der Waals surface area contributed by atoms with Gasteiger partial charge >= 0.3 is 5.97 Å². The molecule has 1 aliphatic rings. The third kappa shape index (κ3) is 5.42. The van der Waals surface area contributed by atoms with Gasteiger partial charge in [0.1, 0.15) is 14.2 Å². The van der Waals surface area contributed by atoms with E-state index in [0.717, 1.165) is 37.7 Å². The van der Waals surface area contributed by atoms with Gasteiger partial charge in [-0.3, -0.25) is 4.89 Å². The lowest BCUT2D eigenvalue weighted by Crippen LogP contribution is -2.40. The van der Waals surface area contributed by atoms with Gasteiger partial charge in [0.05, 0.1) is 5.56 Å². The molecule has 4 heteroatoms. The van der Waals surface area contributed by atoms with Crippen molar-refractivity contribution in [3.05, 3.63) is 60.5 Å². The molecule has 1 radical (unpaired) electrons. The number of unbranched alkanes of at least 4 members (excludes halogenated alkanes) is 1. The van der Waals surface area contributed by atoms with Crippen LogP contribution in [-0.2, 0) is 9.78 Å². The Bertz CT molecular complexity index is 592. The fraction of sp³-hybridized carbons (Fsp3) is 0.455. The Hall–Kier alpha value is -1.65. The van der Waals surface area contributed by atoms with E-state index in [2.05, 4.69) is 26.6 Å². The summed E-state index contributed by atoms with van der Waals surface area (Å²) < 4.78 is 0. The van der Waals surface area contributed by atoms with Gasteiger partial charge in [-0.25, -0.2) is 4.79 Å². The van der Waals surface area contributed by atoms with Crippen LogP contribution in [0.1, 0.15) is 62.2 Å². The van der Waals surface area contributed by atoms with Crippen LogP contribution in [-0.4, -0.2) is 14.0 Å². The third-order valence-corrected chi connectivity index (χ3v) is 8.73. The van der Waals surface area contributed by atoms with Crippen LogP contribution in [0.4, 0.5) is 0 Å². The van der Waals surface area contributed by atoms with Gasteiger partial charge in [-0.1, -0.05) is 61.5 Å². The summed E-state index contributed by atoms with van der Waals surface area (Å²) in [6.07, 6.45) is 8.79. The minimum Gasteiger partial charge on any atom is -0.292 e. The molecule has 0 aliphatic heterocycles. The minimum absolute atomic E-state index is 0.447. The second-order valence-electron chi connectivity index (χ2n) is 7.35. The number of carbonyl (C=O) groups excluding carboxylic acids is 1. The molecular formula is C22H31O3Si. The van der Waals surface area contributed by atoms with Crippen LogP contribution in [0.25, 0.3) is 0 Å². The minimum atomic E-state index is -1.85. The van der Waals surface area contributed by atoms with E-state index in [4.69, 9.17) is 9.78 Å². The summed E-state index contributed by atoms with van der Waals surface area (Å²) in [7, 11) is -1.85. The molecule has 0 heterocycles.